The second-order valence-corrected chi connectivity index (χ2v) is 10.6. The van der Waals surface area contributed by atoms with Crippen LogP contribution in [0.25, 0.3) is 11.3 Å². The van der Waals surface area contributed by atoms with Crippen molar-refractivity contribution in [3.8, 4) is 11.3 Å². The molecule has 3 heterocycles. The van der Waals surface area contributed by atoms with Crippen LogP contribution in [0.2, 0.25) is 0 Å². The Morgan fingerprint density at radius 1 is 1.00 bits per heavy atom. The van der Waals surface area contributed by atoms with E-state index in [4.69, 9.17) is 9.15 Å². The summed E-state index contributed by atoms with van der Waals surface area (Å²) in [5.41, 5.74) is 2.56. The quantitative estimate of drug-likeness (QED) is 0.577. The minimum atomic E-state index is 0.258. The zero-order chi connectivity index (χ0) is 22.5. The van der Waals surface area contributed by atoms with Gasteiger partial charge in [-0.15, -0.1) is 0 Å². The molecule has 3 fully saturated rings. The van der Waals surface area contributed by atoms with Gasteiger partial charge >= 0.3 is 0 Å². The molecule has 0 aromatic rings. The van der Waals surface area contributed by atoms with Gasteiger partial charge < -0.3 is 14.5 Å². The number of ether oxygens (including phenoxy) is 1. The first-order valence-corrected chi connectivity index (χ1v) is 13.3. The second kappa shape index (κ2) is 11.1. The van der Waals surface area contributed by atoms with Gasteiger partial charge in [0.2, 0.25) is 5.91 Å². The molecule has 5 heteroatoms. The summed E-state index contributed by atoms with van der Waals surface area (Å²) in [7, 11) is 0. The largest absolute Gasteiger partial charge is 0.464 e. The van der Waals surface area contributed by atoms with E-state index in [9.17, 15) is 4.79 Å². The van der Waals surface area contributed by atoms with Crippen LogP contribution in [0.5, 0.6) is 0 Å². The molecule has 1 atom stereocenters. The van der Waals surface area contributed by atoms with Crippen molar-refractivity contribution in [3.63, 3.8) is 0 Å². The number of piperidine rings is 1. The highest BCUT2D eigenvalue weighted by atomic mass is 16.5. The first kappa shape index (κ1) is 22.9. The Labute approximate surface area is 198 Å². The van der Waals surface area contributed by atoms with Crippen LogP contribution in [0.15, 0.2) is 34.9 Å². The molecule has 33 heavy (non-hydrogen) atoms. The summed E-state index contributed by atoms with van der Waals surface area (Å²) in [6.45, 7) is 4.01. The molecule has 0 aromatic carbocycles. The number of rotatable bonds is 7. The summed E-state index contributed by atoms with van der Waals surface area (Å²) in [4.78, 5) is 15.2. The van der Waals surface area contributed by atoms with E-state index in [1.54, 1.807) is 0 Å². The van der Waals surface area contributed by atoms with E-state index in [1.807, 2.05) is 12.3 Å². The van der Waals surface area contributed by atoms with E-state index in [0.29, 0.717) is 24.4 Å². The van der Waals surface area contributed by atoms with Crippen molar-refractivity contribution < 1.29 is 13.9 Å². The van der Waals surface area contributed by atoms with Crippen molar-refractivity contribution in [2.45, 2.75) is 82.7 Å². The van der Waals surface area contributed by atoms with Crippen molar-refractivity contribution >= 4 is 5.91 Å². The summed E-state index contributed by atoms with van der Waals surface area (Å²) in [6.07, 6.45) is 14.6. The van der Waals surface area contributed by atoms with Gasteiger partial charge in [0.25, 0.3) is 0 Å². The maximum atomic E-state index is 12.5. The Morgan fingerprint density at radius 2 is 1.85 bits per heavy atom. The lowest BCUT2D eigenvalue weighted by molar-refractivity contribution is -0.123. The molecule has 0 aromatic heterocycles. The Morgan fingerprint density at radius 3 is 2.70 bits per heavy atom. The van der Waals surface area contributed by atoms with Gasteiger partial charge in [0.1, 0.15) is 5.76 Å². The van der Waals surface area contributed by atoms with E-state index in [-0.39, 0.29) is 5.91 Å². The summed E-state index contributed by atoms with van der Waals surface area (Å²) in [5.74, 6) is 2.55. The lowest BCUT2D eigenvalue weighted by Crippen LogP contribution is -2.39. The molecular weight excluding hydrogens is 412 g/mol. The summed E-state index contributed by atoms with van der Waals surface area (Å²) >= 11 is 0. The standard InChI is InChI=1S/C28H40N2O3/c31-28(18-22-12-16-32-17-13-22)29-25-9-7-21(8-10-25)11-15-30-14-2-1-5-26(30)24-19-23-4-3-6-27(23)33-20-24/h3-4,6,19-22,25-26H,1-2,5,7-18H2,(H,29,31)/t21-,25-,26?. The van der Waals surface area contributed by atoms with Crippen LogP contribution < -0.4 is 5.32 Å². The fourth-order valence-corrected chi connectivity index (χ4v) is 6.24. The van der Waals surface area contributed by atoms with Gasteiger partial charge in [0.15, 0.2) is 0 Å². The van der Waals surface area contributed by atoms with Crippen LogP contribution in [0.4, 0.5) is 0 Å². The van der Waals surface area contributed by atoms with Gasteiger partial charge in [-0.25, -0.2) is 0 Å². The number of carbonyl (C=O) groups is 1. The number of fused-ring (bicyclic) bond motifs is 1. The van der Waals surface area contributed by atoms with Gasteiger partial charge in [-0.05, 0) is 94.8 Å². The van der Waals surface area contributed by atoms with E-state index in [0.717, 1.165) is 50.6 Å². The zero-order valence-electron chi connectivity index (χ0n) is 20.0. The fourth-order valence-electron chi connectivity index (χ4n) is 6.24. The first-order valence-electron chi connectivity index (χ1n) is 13.3. The van der Waals surface area contributed by atoms with Crippen molar-refractivity contribution in [3.05, 3.63) is 36.1 Å². The zero-order valence-corrected chi connectivity index (χ0v) is 20.0. The van der Waals surface area contributed by atoms with E-state index in [1.165, 1.54) is 62.7 Å². The molecule has 1 saturated carbocycles. The average Bonchev–Trinajstić information content (AvgIpc) is 3.32. The van der Waals surface area contributed by atoms with Gasteiger partial charge in [-0.1, -0.05) is 18.6 Å². The second-order valence-electron chi connectivity index (χ2n) is 10.6. The normalized spacial score (nSPS) is 27.6. The molecule has 5 nitrogen and oxygen atoms in total. The van der Waals surface area contributed by atoms with Gasteiger partial charge in [-0.3, -0.25) is 9.69 Å². The highest BCUT2D eigenvalue weighted by molar-refractivity contribution is 5.76. The van der Waals surface area contributed by atoms with Gasteiger partial charge in [0.05, 0.1) is 6.26 Å². The third-order valence-corrected chi connectivity index (χ3v) is 8.30. The third kappa shape index (κ3) is 5.99. The highest BCUT2D eigenvalue weighted by Crippen LogP contribution is 2.36. The minimum Gasteiger partial charge on any atom is -0.464 e. The lowest BCUT2D eigenvalue weighted by Gasteiger charge is -2.37. The number of amides is 1. The Hall–Kier alpha value is -1.85. The fraction of sp³-hybridized carbons (Fsp3) is 0.679. The molecule has 1 unspecified atom stereocenters. The van der Waals surface area contributed by atoms with Crippen molar-refractivity contribution in [1.29, 1.82) is 0 Å². The van der Waals surface area contributed by atoms with E-state index in [2.05, 4.69) is 28.4 Å². The Balaban J connectivity index is 1.07. The van der Waals surface area contributed by atoms with Crippen LogP contribution in [-0.4, -0.2) is 43.2 Å². The number of hydrogen-bond donors (Lipinski definition) is 1. The molecule has 2 saturated heterocycles. The topological polar surface area (TPSA) is 54.7 Å². The molecule has 3 aliphatic heterocycles. The maximum Gasteiger partial charge on any atom is 0.220 e. The SMILES string of the molecule is O=C(CC1CCOCC1)N[C@H]1CC[C@H](CCN2CCCCC2c2coc3cccc-3c2)CC1. The summed E-state index contributed by atoms with van der Waals surface area (Å²) < 4.78 is 11.3. The van der Waals surface area contributed by atoms with Crippen LogP contribution in [0.3, 0.4) is 0 Å². The predicted octanol–water partition coefficient (Wildman–Crippen LogP) is 5.79. The molecule has 0 spiro atoms. The van der Waals surface area contributed by atoms with Crippen LogP contribution in [-0.2, 0) is 9.53 Å². The lowest BCUT2D eigenvalue weighted by atomic mass is 9.83. The predicted molar refractivity (Wildman–Crippen MR) is 130 cm³/mol. The average molecular weight is 453 g/mol. The van der Waals surface area contributed by atoms with Crippen molar-refractivity contribution in [2.24, 2.45) is 11.8 Å². The molecule has 0 bridgehead atoms. The Kier molecular flexibility index (Phi) is 7.67. The Bertz CT molecular complexity index is 850. The van der Waals surface area contributed by atoms with Crippen LogP contribution >= 0.6 is 0 Å². The summed E-state index contributed by atoms with van der Waals surface area (Å²) in [5, 5.41) is 3.33. The molecule has 180 valence electrons. The number of likely N-dealkylation sites (tertiary alicyclic amines) is 1. The van der Waals surface area contributed by atoms with Gasteiger partial charge in [-0.2, -0.15) is 0 Å². The van der Waals surface area contributed by atoms with Crippen LogP contribution in [0.1, 0.15) is 82.2 Å². The van der Waals surface area contributed by atoms with Crippen molar-refractivity contribution in [1.82, 2.24) is 10.2 Å². The molecular formula is C28H40N2O3. The first-order chi connectivity index (χ1) is 16.2. The number of nitrogens with one attached hydrogen (secondary N) is 1. The van der Waals surface area contributed by atoms with Crippen molar-refractivity contribution in [2.75, 3.05) is 26.3 Å². The molecule has 2 aliphatic carbocycles. The molecule has 1 amide bonds. The van der Waals surface area contributed by atoms with Crippen LogP contribution in [0, 0.1) is 11.8 Å². The van der Waals surface area contributed by atoms with E-state index >= 15 is 0 Å². The summed E-state index contributed by atoms with van der Waals surface area (Å²) in [6, 6.07) is 9.46. The maximum absolute atomic E-state index is 12.5. The monoisotopic (exact) mass is 452 g/mol. The smallest absolute Gasteiger partial charge is 0.220 e. The molecule has 5 rings (SSSR count). The molecule has 1 N–H and O–H groups in total. The number of nitrogens with zero attached hydrogens (tertiary/aromatic N) is 1. The molecule has 5 aliphatic rings. The minimum absolute atomic E-state index is 0.258. The highest BCUT2D eigenvalue weighted by Gasteiger charge is 2.28. The third-order valence-electron chi connectivity index (χ3n) is 8.30. The number of carbonyl (C=O) groups excluding carboxylic acids is 1. The number of hydrogen-bond acceptors (Lipinski definition) is 4. The molecule has 0 radical (unpaired) electrons. The van der Waals surface area contributed by atoms with E-state index < -0.39 is 0 Å². The van der Waals surface area contributed by atoms with Gasteiger partial charge in [0, 0.05) is 42.8 Å².